The molecule has 2 heterocycles. The third-order valence-corrected chi connectivity index (χ3v) is 5.50. The molecule has 0 bridgehead atoms. The fourth-order valence-corrected chi connectivity index (χ4v) is 3.59. The Labute approximate surface area is 235 Å². The van der Waals surface area contributed by atoms with Crippen LogP contribution < -0.4 is 0 Å². The molecule has 0 atom stereocenters. The van der Waals surface area contributed by atoms with Gasteiger partial charge in [0.1, 0.15) is 0 Å². The number of benzene rings is 3. The van der Waals surface area contributed by atoms with Crippen molar-refractivity contribution in [3.8, 4) is 51.8 Å². The summed E-state index contributed by atoms with van der Waals surface area (Å²) in [5.41, 5.74) is 6.66. The summed E-state index contributed by atoms with van der Waals surface area (Å²) >= 11 is 0. The molecular formula is C32H19IrN5-2. The van der Waals surface area contributed by atoms with Crippen LogP contribution in [0.1, 0.15) is 22.3 Å². The number of nitrogens with zero attached hydrogens (tertiary/aromatic N) is 5. The zero-order valence-corrected chi connectivity index (χ0v) is 22.7. The molecule has 1 radical (unpaired) electrons. The Kier molecular flexibility index (Phi) is 9.76. The van der Waals surface area contributed by atoms with E-state index in [9.17, 15) is 5.26 Å². The summed E-state index contributed by atoms with van der Waals surface area (Å²) in [7, 11) is 0. The molecule has 183 valence electrons. The number of hydrogen-bond donors (Lipinski definition) is 0. The van der Waals surface area contributed by atoms with Gasteiger partial charge in [0.15, 0.2) is 0 Å². The van der Waals surface area contributed by atoms with Gasteiger partial charge in [0, 0.05) is 50.2 Å². The molecule has 0 aliphatic heterocycles. The van der Waals surface area contributed by atoms with Crippen LogP contribution in [0.2, 0.25) is 0 Å². The number of nitriles is 3. The minimum absolute atomic E-state index is 0. The zero-order chi connectivity index (χ0) is 26.0. The van der Waals surface area contributed by atoms with E-state index in [-0.39, 0.29) is 36.8 Å². The topological polar surface area (TPSA) is 97.2 Å². The second-order valence-electron chi connectivity index (χ2n) is 7.96. The predicted molar refractivity (Wildman–Crippen MR) is 141 cm³/mol. The van der Waals surface area contributed by atoms with Crippen LogP contribution in [0.4, 0.5) is 0 Å². The van der Waals surface area contributed by atoms with E-state index in [0.717, 1.165) is 22.4 Å². The first-order chi connectivity index (χ1) is 18.1. The van der Waals surface area contributed by atoms with E-state index in [2.05, 4.69) is 40.3 Å². The van der Waals surface area contributed by atoms with E-state index in [1.165, 1.54) is 11.6 Å². The molecule has 0 unspecified atom stereocenters. The SMILES string of the molecule is Cc1ccc(-c2[c-]cc(C#N)c(C#N)c2C#N)nc1.[Ir].[c-]1ccccc1-c1ccc(-c2ccccc2)cn1. The largest absolute Gasteiger partial charge is 0.304 e. The number of aromatic nitrogens is 2. The van der Waals surface area contributed by atoms with Gasteiger partial charge in [0.05, 0.1) is 6.07 Å². The van der Waals surface area contributed by atoms with Crippen molar-refractivity contribution in [1.29, 1.82) is 15.8 Å². The maximum atomic E-state index is 9.21. The van der Waals surface area contributed by atoms with Crippen LogP contribution in [0.25, 0.3) is 33.6 Å². The third kappa shape index (κ3) is 6.44. The predicted octanol–water partition coefficient (Wildman–Crippen LogP) is 6.69. The van der Waals surface area contributed by atoms with Crippen molar-refractivity contribution in [2.24, 2.45) is 0 Å². The molecule has 3 aromatic carbocycles. The van der Waals surface area contributed by atoms with Gasteiger partial charge < -0.3 is 9.97 Å². The molecule has 0 saturated heterocycles. The molecule has 5 nitrogen and oxygen atoms in total. The van der Waals surface area contributed by atoms with Gasteiger partial charge in [0.2, 0.25) is 0 Å². The Balaban J connectivity index is 0.000000205. The Morgan fingerprint density at radius 2 is 1.37 bits per heavy atom. The standard InChI is InChI=1S/C17H12N.C15H7N4.Ir/c1-3-7-14(8-4-1)16-11-12-17(18-13-16)15-9-5-2-6-10-15;1-10-2-5-15(19-9-10)12-4-3-11(6-16)13(7-17)14(12)8-18;/h1-9,11-13H;2-3,5,9H,1H3;/q2*-1;. The van der Waals surface area contributed by atoms with Crippen molar-refractivity contribution >= 4 is 0 Å². The van der Waals surface area contributed by atoms with Crippen LogP contribution in [-0.4, -0.2) is 9.97 Å². The molecule has 6 heteroatoms. The zero-order valence-electron chi connectivity index (χ0n) is 20.3. The van der Waals surface area contributed by atoms with Crippen molar-refractivity contribution in [1.82, 2.24) is 9.97 Å². The molecule has 5 aromatic rings. The molecule has 0 fully saturated rings. The summed E-state index contributed by atoms with van der Waals surface area (Å²) in [6.45, 7) is 1.91. The maximum absolute atomic E-state index is 9.21. The van der Waals surface area contributed by atoms with Crippen LogP contribution in [0, 0.1) is 53.0 Å². The molecule has 2 aromatic heterocycles. The fourth-order valence-electron chi connectivity index (χ4n) is 3.59. The number of pyridine rings is 2. The van der Waals surface area contributed by atoms with E-state index in [1.807, 2.05) is 85.9 Å². The molecule has 38 heavy (non-hydrogen) atoms. The summed E-state index contributed by atoms with van der Waals surface area (Å²) in [4.78, 5) is 8.71. The van der Waals surface area contributed by atoms with E-state index in [1.54, 1.807) is 12.3 Å². The summed E-state index contributed by atoms with van der Waals surface area (Å²) < 4.78 is 0. The van der Waals surface area contributed by atoms with Crippen LogP contribution in [0.15, 0.2) is 97.3 Å². The van der Waals surface area contributed by atoms with E-state index >= 15 is 0 Å². The van der Waals surface area contributed by atoms with Crippen molar-refractivity contribution in [3.63, 3.8) is 0 Å². The van der Waals surface area contributed by atoms with Crippen molar-refractivity contribution in [3.05, 3.63) is 132 Å². The van der Waals surface area contributed by atoms with Crippen LogP contribution in [0.3, 0.4) is 0 Å². The number of aryl methyl sites for hydroxylation is 1. The first-order valence-electron chi connectivity index (χ1n) is 11.3. The molecular weight excluding hydrogens is 647 g/mol. The Morgan fingerprint density at radius 3 is 1.95 bits per heavy atom. The summed E-state index contributed by atoms with van der Waals surface area (Å²) in [5.74, 6) is 0. The average Bonchev–Trinajstić information content (AvgIpc) is 2.98. The van der Waals surface area contributed by atoms with Crippen LogP contribution >= 0.6 is 0 Å². The Bertz CT molecular complexity index is 1570. The van der Waals surface area contributed by atoms with Gasteiger partial charge in [-0.2, -0.15) is 5.26 Å². The fraction of sp³-hybridized carbons (Fsp3) is 0.0312. The molecule has 0 saturated carbocycles. The molecule has 0 amide bonds. The van der Waals surface area contributed by atoms with E-state index in [4.69, 9.17) is 10.5 Å². The third-order valence-electron chi connectivity index (χ3n) is 5.50. The van der Waals surface area contributed by atoms with Gasteiger partial charge in [-0.1, -0.05) is 54.6 Å². The summed E-state index contributed by atoms with van der Waals surface area (Å²) in [5, 5.41) is 27.2. The minimum atomic E-state index is 0. The number of rotatable bonds is 3. The van der Waals surface area contributed by atoms with Crippen LogP contribution in [-0.2, 0) is 20.1 Å². The van der Waals surface area contributed by atoms with Gasteiger partial charge in [0.25, 0.3) is 0 Å². The molecule has 0 spiro atoms. The molecule has 0 aliphatic carbocycles. The minimum Gasteiger partial charge on any atom is -0.304 e. The normalized spacial score (nSPS) is 9.42. The van der Waals surface area contributed by atoms with E-state index < -0.39 is 0 Å². The van der Waals surface area contributed by atoms with Crippen molar-refractivity contribution in [2.75, 3.05) is 0 Å². The number of hydrogen-bond acceptors (Lipinski definition) is 5. The summed E-state index contributed by atoms with van der Waals surface area (Å²) in [6, 6.07) is 39.1. The van der Waals surface area contributed by atoms with Crippen molar-refractivity contribution in [2.45, 2.75) is 6.92 Å². The smallest absolute Gasteiger partial charge is 0.0815 e. The Hall–Kier alpha value is -4.92. The van der Waals surface area contributed by atoms with Gasteiger partial charge >= 0.3 is 0 Å². The monoisotopic (exact) mass is 666 g/mol. The van der Waals surface area contributed by atoms with E-state index in [0.29, 0.717) is 11.3 Å². The van der Waals surface area contributed by atoms with Gasteiger partial charge in [-0.15, -0.1) is 53.6 Å². The maximum Gasteiger partial charge on any atom is 0.0815 e. The van der Waals surface area contributed by atoms with Crippen molar-refractivity contribution < 1.29 is 20.1 Å². The van der Waals surface area contributed by atoms with Gasteiger partial charge in [-0.05, 0) is 46.1 Å². The molecule has 0 N–H and O–H groups in total. The first kappa shape index (κ1) is 27.7. The molecule has 5 rings (SSSR count). The first-order valence-corrected chi connectivity index (χ1v) is 11.3. The van der Waals surface area contributed by atoms with Gasteiger partial charge in [-0.3, -0.25) is 0 Å². The second kappa shape index (κ2) is 13.4. The second-order valence-corrected chi connectivity index (χ2v) is 7.96. The average molecular weight is 666 g/mol. The molecule has 0 aliphatic rings. The van der Waals surface area contributed by atoms with Crippen LogP contribution in [0.5, 0.6) is 0 Å². The van der Waals surface area contributed by atoms with Gasteiger partial charge in [-0.25, -0.2) is 10.5 Å². The summed E-state index contributed by atoms with van der Waals surface area (Å²) in [6.07, 6.45) is 3.58. The quantitative estimate of drug-likeness (QED) is 0.200. The Morgan fingerprint density at radius 1 is 0.658 bits per heavy atom.